The van der Waals surface area contributed by atoms with Gasteiger partial charge in [-0.05, 0) is 43.2 Å². The van der Waals surface area contributed by atoms with Crippen LogP contribution in [0.3, 0.4) is 0 Å². The van der Waals surface area contributed by atoms with Crippen molar-refractivity contribution >= 4 is 38.2 Å². The molecule has 0 aliphatic heterocycles. The van der Waals surface area contributed by atoms with Crippen molar-refractivity contribution in [2.75, 3.05) is 17.6 Å². The summed E-state index contributed by atoms with van der Waals surface area (Å²) in [5.41, 5.74) is 8.22. The van der Waals surface area contributed by atoms with Crippen LogP contribution in [0.5, 0.6) is 0 Å². The molecule has 4 rings (SSSR count). The van der Waals surface area contributed by atoms with Crippen LogP contribution in [0.2, 0.25) is 0 Å². The fraction of sp³-hybridized carbons (Fsp3) is 0.150. The number of nitro groups is 1. The number of aryl methyl sites for hydroxylation is 1. The molecule has 0 spiro atoms. The topological polar surface area (TPSA) is 136 Å². The second-order valence-electron chi connectivity index (χ2n) is 6.67. The summed E-state index contributed by atoms with van der Waals surface area (Å²) in [5, 5.41) is 28.6. The molecule has 0 saturated heterocycles. The first-order valence-electron chi connectivity index (χ1n) is 9.28. The molecule has 9 nitrogen and oxygen atoms in total. The van der Waals surface area contributed by atoms with E-state index in [0.29, 0.717) is 47.0 Å². The number of nitro benzene ring substituents is 1. The van der Waals surface area contributed by atoms with E-state index in [-0.39, 0.29) is 17.3 Å². The van der Waals surface area contributed by atoms with Gasteiger partial charge in [-0.15, -0.1) is 0 Å². The van der Waals surface area contributed by atoms with Crippen LogP contribution in [0.15, 0.2) is 42.5 Å². The standard InChI is InChI=1S/C20H16FN7O2S/c21-12-3-5-13(6-4-12)27-19(23)15(11-22)16(26-27)2-1-9-24-20-25-17-8-7-14(28(29)30)10-18(17)31-20/h3-8,10H,1-2,9,23H2,(H,24,25). The third-order valence-corrected chi connectivity index (χ3v) is 5.60. The summed E-state index contributed by atoms with van der Waals surface area (Å²) in [4.78, 5) is 14.9. The number of rotatable bonds is 7. The van der Waals surface area contributed by atoms with E-state index in [4.69, 9.17) is 5.73 Å². The van der Waals surface area contributed by atoms with E-state index >= 15 is 0 Å². The number of fused-ring (bicyclic) bond motifs is 1. The molecule has 2 aromatic heterocycles. The molecule has 0 fully saturated rings. The number of hydrogen-bond donors (Lipinski definition) is 2. The fourth-order valence-electron chi connectivity index (χ4n) is 3.11. The molecule has 4 aromatic rings. The largest absolute Gasteiger partial charge is 0.382 e. The Balaban J connectivity index is 1.42. The number of thiazole rings is 1. The van der Waals surface area contributed by atoms with Crippen LogP contribution in [0.4, 0.5) is 21.0 Å². The summed E-state index contributed by atoms with van der Waals surface area (Å²) in [6.45, 7) is 0.566. The summed E-state index contributed by atoms with van der Waals surface area (Å²) in [7, 11) is 0. The molecule has 11 heteroatoms. The maximum Gasteiger partial charge on any atom is 0.270 e. The molecule has 0 unspecified atom stereocenters. The normalized spacial score (nSPS) is 10.8. The molecule has 0 amide bonds. The summed E-state index contributed by atoms with van der Waals surface area (Å²) in [5.74, 6) is -0.157. The summed E-state index contributed by atoms with van der Waals surface area (Å²) in [6.07, 6.45) is 1.16. The van der Waals surface area contributed by atoms with Gasteiger partial charge in [-0.1, -0.05) is 11.3 Å². The molecule has 0 saturated carbocycles. The molecule has 0 radical (unpaired) electrons. The van der Waals surface area contributed by atoms with Crippen LogP contribution in [0.25, 0.3) is 15.9 Å². The Labute approximate surface area is 179 Å². The van der Waals surface area contributed by atoms with Gasteiger partial charge in [-0.25, -0.2) is 14.1 Å². The van der Waals surface area contributed by atoms with E-state index in [2.05, 4.69) is 21.5 Å². The lowest BCUT2D eigenvalue weighted by Crippen LogP contribution is -2.04. The van der Waals surface area contributed by atoms with Gasteiger partial charge in [0, 0.05) is 18.7 Å². The van der Waals surface area contributed by atoms with E-state index in [1.807, 2.05) is 0 Å². The summed E-state index contributed by atoms with van der Waals surface area (Å²) < 4.78 is 15.3. The first kappa shape index (κ1) is 20.2. The number of hydrogen-bond acceptors (Lipinski definition) is 8. The van der Waals surface area contributed by atoms with Crippen LogP contribution < -0.4 is 11.1 Å². The number of nitrogens with two attached hydrogens (primary N) is 1. The fourth-order valence-corrected chi connectivity index (χ4v) is 4.03. The van der Waals surface area contributed by atoms with Crippen molar-refractivity contribution < 1.29 is 9.31 Å². The van der Waals surface area contributed by atoms with E-state index in [9.17, 15) is 19.8 Å². The van der Waals surface area contributed by atoms with Crippen LogP contribution >= 0.6 is 11.3 Å². The predicted molar refractivity (Wildman–Crippen MR) is 116 cm³/mol. The highest BCUT2D eigenvalue weighted by Crippen LogP contribution is 2.29. The van der Waals surface area contributed by atoms with Gasteiger partial charge < -0.3 is 11.1 Å². The first-order chi connectivity index (χ1) is 15.0. The average Bonchev–Trinajstić information content (AvgIpc) is 3.31. The molecule has 2 heterocycles. The highest BCUT2D eigenvalue weighted by molar-refractivity contribution is 7.22. The molecule has 0 aliphatic rings. The molecule has 0 atom stereocenters. The Morgan fingerprint density at radius 1 is 1.29 bits per heavy atom. The highest BCUT2D eigenvalue weighted by Gasteiger charge is 2.16. The number of halogens is 1. The number of anilines is 2. The smallest absolute Gasteiger partial charge is 0.270 e. The van der Waals surface area contributed by atoms with E-state index in [1.165, 1.54) is 40.3 Å². The molecule has 31 heavy (non-hydrogen) atoms. The van der Waals surface area contributed by atoms with E-state index < -0.39 is 4.92 Å². The van der Waals surface area contributed by atoms with Crippen LogP contribution in [-0.4, -0.2) is 26.2 Å². The average molecular weight is 437 g/mol. The lowest BCUT2D eigenvalue weighted by molar-refractivity contribution is -0.384. The van der Waals surface area contributed by atoms with Crippen LogP contribution in [0.1, 0.15) is 17.7 Å². The molecule has 3 N–H and O–H groups in total. The first-order valence-corrected chi connectivity index (χ1v) is 10.1. The highest BCUT2D eigenvalue weighted by atomic mass is 32.1. The minimum atomic E-state index is -0.435. The minimum absolute atomic E-state index is 0.0288. The number of nitrogen functional groups attached to an aromatic ring is 1. The van der Waals surface area contributed by atoms with Gasteiger partial charge in [0.1, 0.15) is 23.3 Å². The number of non-ortho nitro benzene ring substituents is 1. The number of nitriles is 1. The Hall–Kier alpha value is -4.04. The van der Waals surface area contributed by atoms with Gasteiger partial charge in [0.15, 0.2) is 5.13 Å². The Bertz CT molecular complexity index is 1310. The number of nitrogens with zero attached hydrogens (tertiary/aromatic N) is 5. The number of benzene rings is 2. The lowest BCUT2D eigenvalue weighted by atomic mass is 10.1. The monoisotopic (exact) mass is 437 g/mol. The van der Waals surface area contributed by atoms with Crippen molar-refractivity contribution in [3.63, 3.8) is 0 Å². The quantitative estimate of drug-likeness (QED) is 0.253. The molecule has 0 bridgehead atoms. The van der Waals surface area contributed by atoms with E-state index in [0.717, 1.165) is 4.70 Å². The van der Waals surface area contributed by atoms with Gasteiger partial charge >= 0.3 is 0 Å². The van der Waals surface area contributed by atoms with Gasteiger partial charge in [0.05, 0.1) is 26.5 Å². The van der Waals surface area contributed by atoms with E-state index in [1.54, 1.807) is 18.2 Å². The molecule has 0 aliphatic carbocycles. The van der Waals surface area contributed by atoms with Crippen molar-refractivity contribution in [2.24, 2.45) is 0 Å². The maximum atomic E-state index is 13.2. The molecule has 2 aromatic carbocycles. The zero-order valence-corrected chi connectivity index (χ0v) is 16.9. The van der Waals surface area contributed by atoms with Crippen molar-refractivity contribution in [3.05, 3.63) is 69.7 Å². The van der Waals surface area contributed by atoms with Crippen LogP contribution in [0, 0.1) is 27.3 Å². The van der Waals surface area contributed by atoms with Gasteiger partial charge in [0.25, 0.3) is 5.69 Å². The lowest BCUT2D eigenvalue weighted by Gasteiger charge is -2.03. The zero-order valence-electron chi connectivity index (χ0n) is 16.1. The Morgan fingerprint density at radius 2 is 2.06 bits per heavy atom. The van der Waals surface area contributed by atoms with Gasteiger partial charge in [-0.3, -0.25) is 10.1 Å². The van der Waals surface area contributed by atoms with Gasteiger partial charge in [0.2, 0.25) is 0 Å². The van der Waals surface area contributed by atoms with Crippen molar-refractivity contribution in [3.8, 4) is 11.8 Å². The third-order valence-electron chi connectivity index (χ3n) is 4.63. The maximum absolute atomic E-state index is 13.2. The predicted octanol–water partition coefficient (Wildman–Crippen LogP) is 4.03. The molecular weight excluding hydrogens is 421 g/mol. The van der Waals surface area contributed by atoms with Gasteiger partial charge in [-0.2, -0.15) is 10.4 Å². The third kappa shape index (κ3) is 4.15. The Kier molecular flexibility index (Phi) is 5.46. The van der Waals surface area contributed by atoms with Crippen molar-refractivity contribution in [1.29, 1.82) is 5.26 Å². The molecule has 156 valence electrons. The minimum Gasteiger partial charge on any atom is -0.382 e. The van der Waals surface area contributed by atoms with Crippen molar-refractivity contribution in [2.45, 2.75) is 12.8 Å². The SMILES string of the molecule is N#Cc1c(CCCNc2nc3ccc([N+](=O)[O-])cc3s2)nn(-c2ccc(F)cc2)c1N. The summed E-state index contributed by atoms with van der Waals surface area (Å²) in [6, 6.07) is 12.3. The second kappa shape index (κ2) is 8.37. The molecular formula is C20H16FN7O2S. The van der Waals surface area contributed by atoms with Crippen LogP contribution in [-0.2, 0) is 6.42 Å². The number of nitrogens with one attached hydrogen (secondary N) is 1. The number of aromatic nitrogens is 3. The van der Waals surface area contributed by atoms with Crippen molar-refractivity contribution in [1.82, 2.24) is 14.8 Å². The Morgan fingerprint density at radius 3 is 2.77 bits per heavy atom. The summed E-state index contributed by atoms with van der Waals surface area (Å²) >= 11 is 1.34. The zero-order chi connectivity index (χ0) is 22.0. The second-order valence-corrected chi connectivity index (χ2v) is 7.70.